The predicted octanol–water partition coefficient (Wildman–Crippen LogP) is 4.99. The van der Waals surface area contributed by atoms with Gasteiger partial charge in [-0.3, -0.25) is 0 Å². The van der Waals surface area contributed by atoms with E-state index in [9.17, 15) is 5.26 Å². The highest BCUT2D eigenvalue weighted by molar-refractivity contribution is 5.63. The summed E-state index contributed by atoms with van der Waals surface area (Å²) < 4.78 is 0. The van der Waals surface area contributed by atoms with Gasteiger partial charge in [-0.1, -0.05) is 26.0 Å². The maximum Gasteiger partial charge on any atom is 0.0991 e. The molecule has 1 heterocycles. The molecule has 2 aromatic rings. The number of rotatable bonds is 3. The van der Waals surface area contributed by atoms with Gasteiger partial charge in [0.2, 0.25) is 0 Å². The fraction of sp³-hybridized carbons (Fsp3) is 0.409. The molecule has 25 heavy (non-hydrogen) atoms. The number of hydrogen-bond donors (Lipinski definition) is 1. The molecule has 0 radical (unpaired) electrons. The zero-order chi connectivity index (χ0) is 17.6. The van der Waals surface area contributed by atoms with Crippen LogP contribution in [-0.4, -0.2) is 13.1 Å². The molecule has 3 heteroatoms. The third kappa shape index (κ3) is 2.98. The molecule has 1 fully saturated rings. The van der Waals surface area contributed by atoms with Crippen molar-refractivity contribution < 1.29 is 0 Å². The normalized spacial score (nSPS) is 21.4. The Balaban J connectivity index is 1.71. The van der Waals surface area contributed by atoms with Gasteiger partial charge in [0, 0.05) is 24.5 Å². The molecule has 0 spiro atoms. The van der Waals surface area contributed by atoms with Gasteiger partial charge in [-0.05, 0) is 66.1 Å². The molecule has 3 nitrogen and oxygen atoms in total. The van der Waals surface area contributed by atoms with E-state index in [4.69, 9.17) is 0 Å². The first kappa shape index (κ1) is 16.0. The van der Waals surface area contributed by atoms with Crippen LogP contribution in [-0.2, 0) is 5.41 Å². The lowest BCUT2D eigenvalue weighted by Gasteiger charge is -2.44. The predicted molar refractivity (Wildman–Crippen MR) is 103 cm³/mol. The molecule has 4 rings (SSSR count). The Morgan fingerprint density at radius 3 is 2.68 bits per heavy atom. The van der Waals surface area contributed by atoms with Gasteiger partial charge in [0.05, 0.1) is 17.7 Å². The van der Waals surface area contributed by atoms with Gasteiger partial charge in [-0.15, -0.1) is 0 Å². The van der Waals surface area contributed by atoms with E-state index in [-0.39, 0.29) is 5.41 Å². The molecule has 2 aliphatic rings. The third-order valence-corrected chi connectivity index (χ3v) is 5.63. The topological polar surface area (TPSA) is 39.1 Å². The zero-order valence-corrected chi connectivity index (χ0v) is 15.2. The second kappa shape index (κ2) is 5.81. The highest BCUT2D eigenvalue weighted by Crippen LogP contribution is 2.47. The Kier molecular flexibility index (Phi) is 3.72. The zero-order valence-electron chi connectivity index (χ0n) is 15.2. The molecule has 0 amide bonds. The van der Waals surface area contributed by atoms with Crippen LogP contribution < -0.4 is 10.2 Å². The van der Waals surface area contributed by atoms with Gasteiger partial charge in [-0.2, -0.15) is 5.26 Å². The first-order valence-electron chi connectivity index (χ1n) is 9.12. The summed E-state index contributed by atoms with van der Waals surface area (Å²) in [5.41, 5.74) is 5.89. The van der Waals surface area contributed by atoms with E-state index in [0.717, 1.165) is 12.0 Å². The molecule has 0 saturated heterocycles. The van der Waals surface area contributed by atoms with Crippen LogP contribution in [0, 0.1) is 11.3 Å². The van der Waals surface area contributed by atoms with Crippen molar-refractivity contribution in [1.82, 2.24) is 0 Å². The minimum atomic E-state index is 0.0410. The Bertz CT molecular complexity index is 843. The van der Waals surface area contributed by atoms with Crippen molar-refractivity contribution >= 4 is 11.4 Å². The number of fused-ring (bicyclic) bond motifs is 1. The average molecular weight is 331 g/mol. The quantitative estimate of drug-likeness (QED) is 0.861. The summed E-state index contributed by atoms with van der Waals surface area (Å²) in [7, 11) is 2.17. The van der Waals surface area contributed by atoms with Gasteiger partial charge in [-0.25, -0.2) is 0 Å². The Morgan fingerprint density at radius 2 is 1.96 bits per heavy atom. The van der Waals surface area contributed by atoms with Crippen LogP contribution in [0.15, 0.2) is 42.5 Å². The SMILES string of the molecule is CN1c2ccc(C#N)cc2C(C)(C)CC1c1cccc(NC2CC2)c1. The molecular formula is C22H25N3. The van der Waals surface area contributed by atoms with Crippen molar-refractivity contribution in [1.29, 1.82) is 5.26 Å². The Hall–Kier alpha value is -2.47. The molecule has 1 saturated carbocycles. The van der Waals surface area contributed by atoms with E-state index < -0.39 is 0 Å². The fourth-order valence-corrected chi connectivity index (χ4v) is 3.99. The van der Waals surface area contributed by atoms with E-state index in [2.05, 4.69) is 73.6 Å². The average Bonchev–Trinajstić information content (AvgIpc) is 3.42. The van der Waals surface area contributed by atoms with Crippen LogP contribution in [0.5, 0.6) is 0 Å². The van der Waals surface area contributed by atoms with Crippen molar-refractivity contribution in [2.45, 2.75) is 50.6 Å². The first-order valence-corrected chi connectivity index (χ1v) is 9.12. The van der Waals surface area contributed by atoms with E-state index >= 15 is 0 Å². The molecule has 1 aliphatic carbocycles. The number of nitriles is 1. The molecule has 1 aliphatic heterocycles. The van der Waals surface area contributed by atoms with E-state index in [1.807, 2.05) is 6.07 Å². The highest BCUT2D eigenvalue weighted by atomic mass is 15.1. The lowest BCUT2D eigenvalue weighted by atomic mass is 9.73. The van der Waals surface area contributed by atoms with Gasteiger partial charge in [0.1, 0.15) is 0 Å². The minimum absolute atomic E-state index is 0.0410. The Morgan fingerprint density at radius 1 is 1.16 bits per heavy atom. The number of nitrogens with zero attached hydrogens (tertiary/aromatic N) is 2. The summed E-state index contributed by atoms with van der Waals surface area (Å²) in [6.45, 7) is 4.58. The van der Waals surface area contributed by atoms with E-state index in [1.54, 1.807) is 0 Å². The second-order valence-corrected chi connectivity index (χ2v) is 8.10. The second-order valence-electron chi connectivity index (χ2n) is 8.10. The van der Waals surface area contributed by atoms with Gasteiger partial charge >= 0.3 is 0 Å². The molecule has 1 atom stereocenters. The minimum Gasteiger partial charge on any atom is -0.382 e. The number of anilines is 2. The van der Waals surface area contributed by atoms with Crippen molar-refractivity contribution in [2.24, 2.45) is 0 Å². The van der Waals surface area contributed by atoms with Crippen LogP contribution in [0.3, 0.4) is 0 Å². The van der Waals surface area contributed by atoms with Gasteiger partial charge in [0.15, 0.2) is 0 Å². The lowest BCUT2D eigenvalue weighted by Crippen LogP contribution is -2.37. The van der Waals surface area contributed by atoms with Crippen LogP contribution in [0.25, 0.3) is 0 Å². The molecule has 128 valence electrons. The molecule has 1 unspecified atom stereocenters. The number of nitrogens with one attached hydrogen (secondary N) is 1. The molecule has 2 aromatic carbocycles. The standard InChI is InChI=1S/C22H25N3/c1-22(2)13-21(16-5-4-6-18(12-16)24-17-8-9-17)25(3)20-10-7-15(14-23)11-19(20)22/h4-7,10-12,17,21,24H,8-9,13H2,1-3H3. The molecule has 0 aromatic heterocycles. The maximum atomic E-state index is 9.24. The highest BCUT2D eigenvalue weighted by Gasteiger charge is 2.37. The fourth-order valence-electron chi connectivity index (χ4n) is 3.99. The monoisotopic (exact) mass is 331 g/mol. The third-order valence-electron chi connectivity index (χ3n) is 5.63. The maximum absolute atomic E-state index is 9.24. The Labute approximate surface area is 150 Å². The summed E-state index contributed by atoms with van der Waals surface area (Å²) in [6.07, 6.45) is 3.61. The van der Waals surface area contributed by atoms with Crippen LogP contribution in [0.2, 0.25) is 0 Å². The van der Waals surface area contributed by atoms with Crippen LogP contribution >= 0.6 is 0 Å². The van der Waals surface area contributed by atoms with Crippen molar-refractivity contribution in [3.8, 4) is 6.07 Å². The summed E-state index contributed by atoms with van der Waals surface area (Å²) in [4.78, 5) is 2.37. The summed E-state index contributed by atoms with van der Waals surface area (Å²) in [5, 5.41) is 12.9. The van der Waals surface area contributed by atoms with E-state index in [1.165, 1.54) is 35.3 Å². The van der Waals surface area contributed by atoms with Crippen molar-refractivity contribution in [3.05, 3.63) is 59.2 Å². The summed E-state index contributed by atoms with van der Waals surface area (Å²) in [6, 6.07) is 18.3. The first-order chi connectivity index (χ1) is 12.0. The largest absolute Gasteiger partial charge is 0.382 e. The van der Waals surface area contributed by atoms with Gasteiger partial charge in [0.25, 0.3) is 0 Å². The number of benzene rings is 2. The van der Waals surface area contributed by atoms with Crippen LogP contribution in [0.4, 0.5) is 11.4 Å². The summed E-state index contributed by atoms with van der Waals surface area (Å²) in [5.74, 6) is 0. The van der Waals surface area contributed by atoms with Gasteiger partial charge < -0.3 is 10.2 Å². The smallest absolute Gasteiger partial charge is 0.0991 e. The molecule has 0 bridgehead atoms. The lowest BCUT2D eigenvalue weighted by molar-refractivity contribution is 0.397. The van der Waals surface area contributed by atoms with Crippen molar-refractivity contribution in [2.75, 3.05) is 17.3 Å². The van der Waals surface area contributed by atoms with Crippen LogP contribution in [0.1, 0.15) is 55.8 Å². The number of hydrogen-bond acceptors (Lipinski definition) is 3. The molecular weight excluding hydrogens is 306 g/mol. The molecule has 1 N–H and O–H groups in total. The summed E-state index contributed by atoms with van der Waals surface area (Å²) >= 11 is 0. The van der Waals surface area contributed by atoms with Crippen molar-refractivity contribution in [3.63, 3.8) is 0 Å². The van der Waals surface area contributed by atoms with E-state index in [0.29, 0.717) is 12.1 Å².